The van der Waals surface area contributed by atoms with Crippen LogP contribution in [-0.4, -0.2) is 42.3 Å². The van der Waals surface area contributed by atoms with Gasteiger partial charge in [-0.25, -0.2) is 0 Å². The molecule has 0 amide bonds. The Morgan fingerprint density at radius 3 is 3.11 bits per heavy atom. The van der Waals surface area contributed by atoms with Crippen LogP contribution in [0, 0.1) is 11.8 Å². The van der Waals surface area contributed by atoms with E-state index in [1.807, 2.05) is 6.20 Å². The van der Waals surface area contributed by atoms with Crippen LogP contribution in [0.25, 0.3) is 0 Å². The maximum absolute atomic E-state index is 5.57. The fourth-order valence-electron chi connectivity index (χ4n) is 3.22. The molecule has 0 bridgehead atoms. The smallest absolute Gasteiger partial charge is 0.234 e. The second kappa shape index (κ2) is 5.33. The summed E-state index contributed by atoms with van der Waals surface area (Å²) in [6, 6.07) is 0.524. The van der Waals surface area contributed by atoms with E-state index in [9.17, 15) is 0 Å². The van der Waals surface area contributed by atoms with E-state index < -0.39 is 0 Å². The van der Waals surface area contributed by atoms with Crippen LogP contribution in [0.2, 0.25) is 0 Å². The molecule has 3 heterocycles. The normalized spacial score (nSPS) is 29.6. The zero-order chi connectivity index (χ0) is 13.2. The van der Waals surface area contributed by atoms with Gasteiger partial charge in [0, 0.05) is 25.7 Å². The van der Waals surface area contributed by atoms with E-state index in [1.54, 1.807) is 6.20 Å². The second-order valence-corrected chi connectivity index (χ2v) is 5.54. The molecule has 104 valence electrons. The summed E-state index contributed by atoms with van der Waals surface area (Å²) in [7, 11) is 0. The molecule has 0 radical (unpaired) electrons. The van der Waals surface area contributed by atoms with Gasteiger partial charge in [0.15, 0.2) is 5.82 Å². The van der Waals surface area contributed by atoms with Crippen molar-refractivity contribution in [1.82, 2.24) is 15.3 Å². The lowest BCUT2D eigenvalue weighted by atomic mass is 9.95. The van der Waals surface area contributed by atoms with Gasteiger partial charge in [-0.05, 0) is 25.2 Å². The van der Waals surface area contributed by atoms with Crippen molar-refractivity contribution in [3.8, 4) is 5.88 Å². The van der Waals surface area contributed by atoms with Crippen molar-refractivity contribution < 1.29 is 4.74 Å². The Balaban J connectivity index is 1.75. The molecule has 0 aliphatic carbocycles. The SMILES string of the molecule is CCCOc1cncc(N2CC3CNCC3C2C)n1. The highest BCUT2D eigenvalue weighted by Gasteiger charge is 2.42. The highest BCUT2D eigenvalue weighted by molar-refractivity contribution is 5.41. The van der Waals surface area contributed by atoms with Crippen molar-refractivity contribution in [3.63, 3.8) is 0 Å². The van der Waals surface area contributed by atoms with Crippen molar-refractivity contribution in [3.05, 3.63) is 12.4 Å². The van der Waals surface area contributed by atoms with Gasteiger partial charge in [0.2, 0.25) is 5.88 Å². The van der Waals surface area contributed by atoms with E-state index >= 15 is 0 Å². The van der Waals surface area contributed by atoms with Gasteiger partial charge in [-0.2, -0.15) is 4.98 Å². The molecule has 0 saturated carbocycles. The lowest BCUT2D eigenvalue weighted by Gasteiger charge is -2.25. The molecule has 19 heavy (non-hydrogen) atoms. The molecule has 2 saturated heterocycles. The molecule has 5 nitrogen and oxygen atoms in total. The lowest BCUT2D eigenvalue weighted by molar-refractivity contribution is 0.304. The van der Waals surface area contributed by atoms with Gasteiger partial charge in [0.1, 0.15) is 0 Å². The number of aromatic nitrogens is 2. The van der Waals surface area contributed by atoms with E-state index in [0.29, 0.717) is 18.5 Å². The summed E-state index contributed by atoms with van der Waals surface area (Å²) in [5.74, 6) is 3.08. The standard InChI is InChI=1S/C14H22N4O/c1-3-4-19-14-8-16-7-13(17-14)18-9-11-5-15-6-12(11)10(18)2/h7-8,10-12,15H,3-6,9H2,1-2H3. The van der Waals surface area contributed by atoms with E-state index in [1.165, 1.54) is 0 Å². The third-order valence-corrected chi connectivity index (χ3v) is 4.28. The van der Waals surface area contributed by atoms with Crippen LogP contribution in [0.15, 0.2) is 12.4 Å². The fraction of sp³-hybridized carbons (Fsp3) is 0.714. The Morgan fingerprint density at radius 2 is 2.32 bits per heavy atom. The first kappa shape index (κ1) is 12.7. The number of hydrogen-bond acceptors (Lipinski definition) is 5. The maximum Gasteiger partial charge on any atom is 0.234 e. The summed E-state index contributed by atoms with van der Waals surface area (Å²) in [6.07, 6.45) is 4.54. The minimum absolute atomic E-state index is 0.524. The number of ether oxygens (including phenoxy) is 1. The van der Waals surface area contributed by atoms with E-state index in [-0.39, 0.29) is 0 Å². The van der Waals surface area contributed by atoms with Crippen molar-refractivity contribution in [2.24, 2.45) is 11.8 Å². The van der Waals surface area contributed by atoms with Gasteiger partial charge in [0.25, 0.3) is 0 Å². The molecular formula is C14H22N4O. The molecule has 1 aromatic rings. The average molecular weight is 262 g/mol. The molecular weight excluding hydrogens is 240 g/mol. The Hall–Kier alpha value is -1.36. The van der Waals surface area contributed by atoms with Crippen LogP contribution in [0.4, 0.5) is 5.82 Å². The highest BCUT2D eigenvalue weighted by atomic mass is 16.5. The Morgan fingerprint density at radius 1 is 1.42 bits per heavy atom. The van der Waals surface area contributed by atoms with Crippen LogP contribution >= 0.6 is 0 Å². The monoisotopic (exact) mass is 262 g/mol. The second-order valence-electron chi connectivity index (χ2n) is 5.54. The summed E-state index contributed by atoms with van der Waals surface area (Å²) in [4.78, 5) is 11.2. The molecule has 3 unspecified atom stereocenters. The summed E-state index contributed by atoms with van der Waals surface area (Å²) >= 11 is 0. The van der Waals surface area contributed by atoms with Gasteiger partial charge in [-0.3, -0.25) is 4.98 Å². The van der Waals surface area contributed by atoms with Crippen LogP contribution in [0.1, 0.15) is 20.3 Å². The van der Waals surface area contributed by atoms with Crippen molar-refractivity contribution in [2.75, 3.05) is 31.1 Å². The first-order chi connectivity index (χ1) is 9.29. The van der Waals surface area contributed by atoms with Crippen molar-refractivity contribution >= 4 is 5.82 Å². The van der Waals surface area contributed by atoms with Gasteiger partial charge in [-0.15, -0.1) is 0 Å². The van der Waals surface area contributed by atoms with Gasteiger partial charge < -0.3 is 15.0 Å². The minimum atomic E-state index is 0.524. The third kappa shape index (κ3) is 2.39. The fourth-order valence-corrected chi connectivity index (χ4v) is 3.22. The first-order valence-electron chi connectivity index (χ1n) is 7.21. The molecule has 5 heteroatoms. The largest absolute Gasteiger partial charge is 0.477 e. The van der Waals surface area contributed by atoms with E-state index in [0.717, 1.165) is 43.7 Å². The molecule has 3 rings (SSSR count). The Labute approximate surface area is 114 Å². The predicted octanol–water partition coefficient (Wildman–Crippen LogP) is 1.31. The number of rotatable bonds is 4. The van der Waals surface area contributed by atoms with Crippen LogP contribution in [0.5, 0.6) is 5.88 Å². The number of fused-ring (bicyclic) bond motifs is 1. The molecule has 3 atom stereocenters. The quantitative estimate of drug-likeness (QED) is 0.886. The lowest BCUT2D eigenvalue weighted by Crippen LogP contribution is -2.33. The maximum atomic E-state index is 5.57. The number of anilines is 1. The molecule has 1 N–H and O–H groups in total. The van der Waals surface area contributed by atoms with Crippen molar-refractivity contribution in [1.29, 1.82) is 0 Å². The number of nitrogens with one attached hydrogen (secondary N) is 1. The summed E-state index contributed by atoms with van der Waals surface area (Å²) in [5, 5.41) is 3.48. The summed E-state index contributed by atoms with van der Waals surface area (Å²) < 4.78 is 5.57. The number of nitrogens with zero attached hydrogens (tertiary/aromatic N) is 3. The van der Waals surface area contributed by atoms with Crippen molar-refractivity contribution in [2.45, 2.75) is 26.3 Å². The molecule has 0 aromatic carbocycles. The Kier molecular flexibility index (Phi) is 3.55. The minimum Gasteiger partial charge on any atom is -0.477 e. The molecule has 2 aliphatic heterocycles. The first-order valence-corrected chi connectivity index (χ1v) is 7.21. The van der Waals surface area contributed by atoms with E-state index in [2.05, 4.69) is 34.0 Å². The average Bonchev–Trinajstić information content (AvgIpc) is 3.00. The van der Waals surface area contributed by atoms with E-state index in [4.69, 9.17) is 4.74 Å². The summed E-state index contributed by atoms with van der Waals surface area (Å²) in [6.45, 7) is 8.41. The predicted molar refractivity (Wildman–Crippen MR) is 74.5 cm³/mol. The van der Waals surface area contributed by atoms with Crippen LogP contribution in [-0.2, 0) is 0 Å². The van der Waals surface area contributed by atoms with Gasteiger partial charge in [-0.1, -0.05) is 6.92 Å². The third-order valence-electron chi connectivity index (χ3n) is 4.28. The van der Waals surface area contributed by atoms with Gasteiger partial charge >= 0.3 is 0 Å². The number of hydrogen-bond donors (Lipinski definition) is 1. The van der Waals surface area contributed by atoms with Crippen LogP contribution in [0.3, 0.4) is 0 Å². The highest BCUT2D eigenvalue weighted by Crippen LogP contribution is 2.35. The van der Waals surface area contributed by atoms with Gasteiger partial charge in [0.05, 0.1) is 19.0 Å². The zero-order valence-electron chi connectivity index (χ0n) is 11.7. The molecule has 2 aliphatic rings. The molecule has 1 aromatic heterocycles. The molecule has 2 fully saturated rings. The summed E-state index contributed by atoms with van der Waals surface area (Å²) in [5.41, 5.74) is 0. The topological polar surface area (TPSA) is 50.3 Å². The van der Waals surface area contributed by atoms with Crippen LogP contribution < -0.4 is 15.0 Å². The molecule has 0 spiro atoms. The Bertz CT molecular complexity index is 439. The zero-order valence-corrected chi connectivity index (χ0v) is 11.7.